The van der Waals surface area contributed by atoms with Crippen LogP contribution in [0.1, 0.15) is 30.7 Å². The summed E-state index contributed by atoms with van der Waals surface area (Å²) in [5, 5.41) is 0. The van der Waals surface area contributed by atoms with E-state index in [2.05, 4.69) is 42.6 Å². The summed E-state index contributed by atoms with van der Waals surface area (Å²) in [6.45, 7) is 5.18. The number of pyridine rings is 1. The lowest BCUT2D eigenvalue weighted by Gasteiger charge is -2.02. The molecule has 2 heteroatoms. The van der Waals surface area contributed by atoms with Crippen LogP contribution in [0, 0.1) is 0 Å². The Morgan fingerprint density at radius 2 is 1.94 bits per heavy atom. The molecule has 16 heavy (non-hydrogen) atoms. The molecular weight excluding hydrogens is 196 g/mol. The summed E-state index contributed by atoms with van der Waals surface area (Å²) in [7, 11) is 0. The minimum Gasteiger partial charge on any atom is -0.330 e. The predicted molar refractivity (Wildman–Crippen MR) is 68.9 cm³/mol. The van der Waals surface area contributed by atoms with E-state index in [1.807, 2.05) is 0 Å². The molecule has 0 amide bonds. The number of rotatable bonds is 4. The van der Waals surface area contributed by atoms with Gasteiger partial charge in [0, 0.05) is 17.4 Å². The molecule has 0 aliphatic carbocycles. The van der Waals surface area contributed by atoms with Gasteiger partial charge in [0.15, 0.2) is 0 Å². The van der Waals surface area contributed by atoms with Crippen LogP contribution in [0.3, 0.4) is 0 Å². The summed E-state index contributed by atoms with van der Waals surface area (Å²) in [6, 6.07) is 6.40. The Bertz CT molecular complexity index is 483. The van der Waals surface area contributed by atoms with Crippen LogP contribution in [-0.4, -0.2) is 10.9 Å². The van der Waals surface area contributed by atoms with Gasteiger partial charge in [-0.05, 0) is 49.1 Å². The maximum Gasteiger partial charge on any atom is 0.0488 e. The van der Waals surface area contributed by atoms with Gasteiger partial charge in [-0.2, -0.15) is 0 Å². The first-order valence-corrected chi connectivity index (χ1v) is 6.13. The molecule has 0 bridgehead atoms. The molecule has 2 rings (SSSR count). The zero-order valence-corrected chi connectivity index (χ0v) is 10.2. The number of fused-ring (bicyclic) bond motifs is 1. The Morgan fingerprint density at radius 3 is 2.56 bits per heavy atom. The van der Waals surface area contributed by atoms with Gasteiger partial charge in [-0.3, -0.25) is 0 Å². The summed E-state index contributed by atoms with van der Waals surface area (Å²) < 4.78 is 2.32. The highest BCUT2D eigenvalue weighted by molar-refractivity contribution is 5.62. The molecule has 0 saturated carbocycles. The molecule has 2 aromatic heterocycles. The third-order valence-corrected chi connectivity index (χ3v) is 3.26. The molecule has 2 nitrogen and oxygen atoms in total. The third-order valence-electron chi connectivity index (χ3n) is 3.26. The molecule has 2 aromatic rings. The van der Waals surface area contributed by atoms with Crippen molar-refractivity contribution in [2.24, 2.45) is 5.73 Å². The van der Waals surface area contributed by atoms with E-state index in [-0.39, 0.29) is 0 Å². The van der Waals surface area contributed by atoms with Gasteiger partial charge in [0.05, 0.1) is 0 Å². The van der Waals surface area contributed by atoms with Crippen molar-refractivity contribution in [2.45, 2.75) is 33.1 Å². The molecule has 86 valence electrons. The minimum atomic E-state index is 0.727. The van der Waals surface area contributed by atoms with E-state index in [4.69, 9.17) is 5.73 Å². The first-order chi connectivity index (χ1) is 7.83. The minimum absolute atomic E-state index is 0.727. The van der Waals surface area contributed by atoms with Crippen molar-refractivity contribution in [3.8, 4) is 0 Å². The van der Waals surface area contributed by atoms with E-state index in [1.54, 1.807) is 0 Å². The molecule has 0 saturated heterocycles. The van der Waals surface area contributed by atoms with Crippen LogP contribution in [0.5, 0.6) is 0 Å². The highest BCUT2D eigenvalue weighted by atomic mass is 14.9. The third kappa shape index (κ3) is 1.63. The van der Waals surface area contributed by atoms with E-state index >= 15 is 0 Å². The Labute approximate surface area is 97.1 Å². The van der Waals surface area contributed by atoms with Gasteiger partial charge >= 0.3 is 0 Å². The maximum atomic E-state index is 5.72. The van der Waals surface area contributed by atoms with Crippen molar-refractivity contribution in [3.63, 3.8) is 0 Å². The van der Waals surface area contributed by atoms with Crippen molar-refractivity contribution >= 4 is 5.52 Å². The predicted octanol–water partition coefficient (Wildman–Crippen LogP) is 2.57. The van der Waals surface area contributed by atoms with Crippen LogP contribution in [0.4, 0.5) is 0 Å². The summed E-state index contributed by atoms with van der Waals surface area (Å²) in [4.78, 5) is 0. The van der Waals surface area contributed by atoms with E-state index in [1.165, 1.54) is 22.3 Å². The summed E-state index contributed by atoms with van der Waals surface area (Å²) in [6.07, 6.45) is 5.32. The molecule has 0 radical (unpaired) electrons. The largest absolute Gasteiger partial charge is 0.330 e. The number of nitrogens with two attached hydrogens (primary N) is 1. The fourth-order valence-electron chi connectivity index (χ4n) is 2.62. The van der Waals surface area contributed by atoms with E-state index < -0.39 is 0 Å². The molecule has 0 atom stereocenters. The maximum absolute atomic E-state index is 5.72. The monoisotopic (exact) mass is 216 g/mol. The van der Waals surface area contributed by atoms with Gasteiger partial charge in [-0.25, -0.2) is 0 Å². The Morgan fingerprint density at radius 1 is 1.12 bits per heavy atom. The Balaban J connectivity index is 2.73. The molecule has 0 fully saturated rings. The zero-order chi connectivity index (χ0) is 11.5. The lowest BCUT2D eigenvalue weighted by molar-refractivity contribution is 0.929. The normalized spacial score (nSPS) is 11.2. The average Bonchev–Trinajstić information content (AvgIpc) is 2.63. The first-order valence-electron chi connectivity index (χ1n) is 6.13. The van der Waals surface area contributed by atoms with Crippen molar-refractivity contribution in [3.05, 3.63) is 41.2 Å². The molecule has 0 aliphatic rings. The fraction of sp³-hybridized carbons (Fsp3) is 0.429. The SMILES string of the molecule is CCc1c(CCN)c2ccccn2c1CC. The lowest BCUT2D eigenvalue weighted by Crippen LogP contribution is -2.04. The van der Waals surface area contributed by atoms with E-state index in [9.17, 15) is 0 Å². The Hall–Kier alpha value is -1.28. The molecule has 0 spiro atoms. The molecule has 0 aliphatic heterocycles. The van der Waals surface area contributed by atoms with E-state index in [0.717, 1.165) is 25.8 Å². The van der Waals surface area contributed by atoms with Crippen LogP contribution in [0.25, 0.3) is 5.52 Å². The van der Waals surface area contributed by atoms with Crippen molar-refractivity contribution < 1.29 is 0 Å². The van der Waals surface area contributed by atoms with Gasteiger partial charge in [0.25, 0.3) is 0 Å². The van der Waals surface area contributed by atoms with Gasteiger partial charge in [0.2, 0.25) is 0 Å². The number of hydrogen-bond acceptors (Lipinski definition) is 1. The topological polar surface area (TPSA) is 30.4 Å². The van der Waals surface area contributed by atoms with Crippen molar-refractivity contribution in [1.29, 1.82) is 0 Å². The second kappa shape index (κ2) is 4.71. The van der Waals surface area contributed by atoms with Crippen LogP contribution < -0.4 is 5.73 Å². The number of hydrogen-bond donors (Lipinski definition) is 1. The summed E-state index contributed by atoms with van der Waals surface area (Å²) >= 11 is 0. The smallest absolute Gasteiger partial charge is 0.0488 e. The van der Waals surface area contributed by atoms with E-state index in [0.29, 0.717) is 0 Å². The summed E-state index contributed by atoms with van der Waals surface area (Å²) in [5.74, 6) is 0. The number of aromatic nitrogens is 1. The second-order valence-corrected chi connectivity index (χ2v) is 4.11. The standard InChI is InChI=1S/C14H20N2/c1-3-11-12(8-9-15)14-7-5-6-10-16(14)13(11)4-2/h5-7,10H,3-4,8-9,15H2,1-2H3. The summed E-state index contributed by atoms with van der Waals surface area (Å²) in [5.41, 5.74) is 11.4. The van der Waals surface area contributed by atoms with Crippen molar-refractivity contribution in [1.82, 2.24) is 4.40 Å². The average molecular weight is 216 g/mol. The molecule has 0 aromatic carbocycles. The molecule has 2 heterocycles. The number of aryl methyl sites for hydroxylation is 1. The zero-order valence-electron chi connectivity index (χ0n) is 10.2. The Kier molecular flexibility index (Phi) is 3.30. The van der Waals surface area contributed by atoms with Crippen LogP contribution in [-0.2, 0) is 19.3 Å². The molecule has 0 unspecified atom stereocenters. The fourth-order valence-corrected chi connectivity index (χ4v) is 2.62. The highest BCUT2D eigenvalue weighted by Crippen LogP contribution is 2.25. The molecule has 2 N–H and O–H groups in total. The van der Waals surface area contributed by atoms with Gasteiger partial charge in [-0.1, -0.05) is 19.9 Å². The van der Waals surface area contributed by atoms with Crippen molar-refractivity contribution in [2.75, 3.05) is 6.54 Å². The van der Waals surface area contributed by atoms with Crippen LogP contribution in [0.2, 0.25) is 0 Å². The van der Waals surface area contributed by atoms with Gasteiger partial charge in [-0.15, -0.1) is 0 Å². The lowest BCUT2D eigenvalue weighted by atomic mass is 10.0. The quantitative estimate of drug-likeness (QED) is 0.836. The van der Waals surface area contributed by atoms with Crippen LogP contribution in [0.15, 0.2) is 24.4 Å². The second-order valence-electron chi connectivity index (χ2n) is 4.11. The number of nitrogens with zero attached hydrogens (tertiary/aromatic N) is 1. The van der Waals surface area contributed by atoms with Gasteiger partial charge in [0.1, 0.15) is 0 Å². The highest BCUT2D eigenvalue weighted by Gasteiger charge is 2.13. The molecular formula is C14H20N2. The van der Waals surface area contributed by atoms with Crippen LogP contribution >= 0.6 is 0 Å². The van der Waals surface area contributed by atoms with Gasteiger partial charge < -0.3 is 10.1 Å². The first kappa shape index (κ1) is 11.2.